The number of aliphatic hydroxyl groups is 1. The highest BCUT2D eigenvalue weighted by atomic mass is 16.5. The topological polar surface area (TPSA) is 214 Å². The fraction of sp³-hybridized carbons (Fsp3) is 0.512. The highest BCUT2D eigenvalue weighted by Crippen LogP contribution is 2.25. The van der Waals surface area contributed by atoms with Gasteiger partial charge in [-0.25, -0.2) is 0 Å². The molecule has 3 aromatic rings. The Hall–Kier alpha value is -5.48. The van der Waals surface area contributed by atoms with Gasteiger partial charge in [0.25, 0.3) is 5.91 Å². The number of H-pyrrole nitrogens is 1. The molecule has 0 unspecified atom stereocenters. The van der Waals surface area contributed by atoms with Gasteiger partial charge in [0.15, 0.2) is 6.61 Å². The summed E-state index contributed by atoms with van der Waals surface area (Å²) >= 11 is 0. The number of hydrogen-bond acceptors (Lipinski definition) is 9. The van der Waals surface area contributed by atoms with E-state index in [9.17, 15) is 33.9 Å². The Morgan fingerprint density at radius 2 is 1.70 bits per heavy atom. The summed E-state index contributed by atoms with van der Waals surface area (Å²) in [4.78, 5) is 89.2. The Balaban J connectivity index is 1.30. The number of aromatic nitrogens is 1. The monoisotopic (exact) mass is 786 g/mol. The fourth-order valence-electron chi connectivity index (χ4n) is 7.83. The number of aliphatic hydroxyl groups excluding tert-OH is 1. The molecule has 2 fully saturated rings. The van der Waals surface area contributed by atoms with Gasteiger partial charge in [0.2, 0.25) is 29.5 Å². The molecule has 0 aliphatic carbocycles. The van der Waals surface area contributed by atoms with Crippen molar-refractivity contribution >= 4 is 46.3 Å². The van der Waals surface area contributed by atoms with Gasteiger partial charge < -0.3 is 51.2 Å². The van der Waals surface area contributed by atoms with E-state index in [1.165, 1.54) is 18.7 Å². The van der Waals surface area contributed by atoms with E-state index in [1.54, 1.807) is 18.3 Å². The first-order valence-electron chi connectivity index (χ1n) is 19.9. The number of amides is 6. The van der Waals surface area contributed by atoms with Crippen LogP contribution in [0.1, 0.15) is 51.2 Å². The summed E-state index contributed by atoms with van der Waals surface area (Å²) in [7, 11) is 0. The van der Waals surface area contributed by atoms with E-state index in [2.05, 4.69) is 43.4 Å². The molecule has 2 bridgehead atoms. The number of nitrogens with zero attached hydrogens (tertiary/aromatic N) is 2. The lowest BCUT2D eigenvalue weighted by molar-refractivity contribution is -0.143. The first-order chi connectivity index (χ1) is 27.4. The number of aromatic amines is 1. The van der Waals surface area contributed by atoms with Crippen LogP contribution >= 0.6 is 0 Å². The molecule has 4 aliphatic rings. The third kappa shape index (κ3) is 10.3. The SMILES string of the molecule is CCN1CCC(C(=O)N[C@H]2C[C@H]3C(=O)N[C@@H]([C@@H](C)O)C(=O)N[C@@H](C)C(=O)NCCc4ccc(cc4)OCC(=O)N[C@H](Cc4c[nH]c5ccccc45)C(=O)N3C2)CC1. The summed E-state index contributed by atoms with van der Waals surface area (Å²) in [5.74, 6) is -3.07. The maximum absolute atomic E-state index is 14.8. The van der Waals surface area contributed by atoms with Crippen molar-refractivity contribution in [2.24, 2.45) is 5.92 Å². The zero-order valence-corrected chi connectivity index (χ0v) is 32.7. The van der Waals surface area contributed by atoms with E-state index < -0.39 is 72.5 Å². The Morgan fingerprint density at radius 1 is 0.965 bits per heavy atom. The molecule has 4 aliphatic heterocycles. The van der Waals surface area contributed by atoms with Gasteiger partial charge in [0.05, 0.1) is 6.10 Å². The molecule has 1 aromatic heterocycles. The molecule has 57 heavy (non-hydrogen) atoms. The van der Waals surface area contributed by atoms with E-state index >= 15 is 0 Å². The van der Waals surface area contributed by atoms with E-state index in [-0.39, 0.29) is 37.8 Å². The van der Waals surface area contributed by atoms with Gasteiger partial charge in [-0.05, 0) is 88.5 Å². The van der Waals surface area contributed by atoms with Crippen LogP contribution in [-0.2, 0) is 41.6 Å². The van der Waals surface area contributed by atoms with Gasteiger partial charge in [-0.1, -0.05) is 37.3 Å². The molecule has 0 saturated carbocycles. The van der Waals surface area contributed by atoms with Gasteiger partial charge in [-0.3, -0.25) is 28.8 Å². The summed E-state index contributed by atoms with van der Waals surface area (Å²) in [6, 6.07) is 9.18. The predicted octanol–water partition coefficient (Wildman–Crippen LogP) is 0.134. The molecule has 16 heteroatoms. The number of carbonyl (C=O) groups excluding carboxylic acids is 6. The lowest BCUT2D eigenvalue weighted by Gasteiger charge is -2.31. The second kappa shape index (κ2) is 18.6. The number of rotatable bonds is 6. The van der Waals surface area contributed by atoms with Crippen molar-refractivity contribution in [2.75, 3.05) is 39.3 Å². The van der Waals surface area contributed by atoms with Crippen molar-refractivity contribution in [3.8, 4) is 5.75 Å². The van der Waals surface area contributed by atoms with Gasteiger partial charge in [0, 0.05) is 48.6 Å². The average Bonchev–Trinajstić information content (AvgIpc) is 3.82. The van der Waals surface area contributed by atoms with Crippen LogP contribution in [0, 0.1) is 5.92 Å². The van der Waals surface area contributed by atoms with Gasteiger partial charge in [-0.15, -0.1) is 0 Å². The second-order valence-corrected chi connectivity index (χ2v) is 15.3. The zero-order valence-electron chi connectivity index (χ0n) is 32.7. The number of fused-ring (bicyclic) bond motifs is 17. The largest absolute Gasteiger partial charge is 0.484 e. The number of piperidine rings is 1. The van der Waals surface area contributed by atoms with Crippen molar-refractivity contribution in [1.82, 2.24) is 41.4 Å². The normalized spacial score (nSPS) is 25.6. The molecule has 5 heterocycles. The summed E-state index contributed by atoms with van der Waals surface area (Å²) in [5, 5.41) is 25.4. The number of ether oxygens (including phenoxy) is 1. The summed E-state index contributed by atoms with van der Waals surface area (Å²) in [6.45, 7) is 7.25. The minimum Gasteiger partial charge on any atom is -0.484 e. The van der Waals surface area contributed by atoms with Crippen molar-refractivity contribution in [1.29, 1.82) is 0 Å². The zero-order chi connectivity index (χ0) is 40.6. The van der Waals surface area contributed by atoms with E-state index in [4.69, 9.17) is 4.74 Å². The smallest absolute Gasteiger partial charge is 0.258 e. The van der Waals surface area contributed by atoms with Crippen LogP contribution in [0.5, 0.6) is 5.75 Å². The van der Waals surface area contributed by atoms with Crippen molar-refractivity contribution in [2.45, 2.75) is 89.2 Å². The minimum absolute atomic E-state index is 0.0247. The molecule has 306 valence electrons. The standard InChI is InChI=1S/C41H54N8O8/c1-4-48-17-14-27(15-18-48)38(53)45-29-20-34-39(54)47-36(25(3)50)40(55)44-24(2)37(52)42-16-13-26-9-11-30(12-10-26)57-23-35(51)46-33(41(56)49(34)22-29)19-28-21-43-32-8-6-5-7-31(28)32/h5-12,21,24-25,27,29,33-34,36,43,50H,4,13-20,22-23H2,1-3H3,(H,42,52)(H,44,55)(H,45,53)(H,46,51)(H,47,54)/t24-,25+,29-,33+,34-,36-/m0/s1. The van der Waals surface area contributed by atoms with E-state index in [0.717, 1.165) is 41.7 Å². The van der Waals surface area contributed by atoms with Gasteiger partial charge >= 0.3 is 0 Å². The van der Waals surface area contributed by atoms with Crippen LogP contribution in [0.15, 0.2) is 54.7 Å². The molecule has 16 nitrogen and oxygen atoms in total. The van der Waals surface area contributed by atoms with Crippen LogP contribution < -0.4 is 31.3 Å². The summed E-state index contributed by atoms with van der Waals surface area (Å²) in [6.07, 6.45) is 2.35. The molecule has 0 radical (unpaired) electrons. The quantitative estimate of drug-likeness (QED) is 0.169. The lowest BCUT2D eigenvalue weighted by Crippen LogP contribution is -2.60. The number of nitrogens with one attached hydrogen (secondary N) is 6. The molecule has 0 spiro atoms. The minimum atomic E-state index is -1.47. The Bertz CT molecular complexity index is 1920. The van der Waals surface area contributed by atoms with Crippen LogP contribution in [0.3, 0.4) is 0 Å². The lowest BCUT2D eigenvalue weighted by atomic mass is 9.95. The van der Waals surface area contributed by atoms with E-state index in [0.29, 0.717) is 25.0 Å². The number of hydrogen-bond donors (Lipinski definition) is 7. The highest BCUT2D eigenvalue weighted by Gasteiger charge is 2.44. The molecular weight excluding hydrogens is 732 g/mol. The third-order valence-corrected chi connectivity index (χ3v) is 11.2. The molecular formula is C41H54N8O8. The predicted molar refractivity (Wildman–Crippen MR) is 211 cm³/mol. The van der Waals surface area contributed by atoms with Crippen molar-refractivity contribution in [3.63, 3.8) is 0 Å². The number of benzene rings is 2. The molecule has 2 saturated heterocycles. The molecule has 2 aromatic carbocycles. The highest BCUT2D eigenvalue weighted by molar-refractivity contribution is 5.97. The number of para-hydroxylation sites is 1. The van der Waals surface area contributed by atoms with Crippen LogP contribution in [-0.4, -0.2) is 131 Å². The molecule has 7 rings (SSSR count). The summed E-state index contributed by atoms with van der Waals surface area (Å²) < 4.78 is 5.79. The fourth-order valence-corrected chi connectivity index (χ4v) is 7.83. The molecule has 7 N–H and O–H groups in total. The number of likely N-dealkylation sites (tertiary alicyclic amines) is 1. The average molecular weight is 787 g/mol. The van der Waals surface area contributed by atoms with Crippen LogP contribution in [0.25, 0.3) is 10.9 Å². The Labute approximate surface area is 331 Å². The van der Waals surface area contributed by atoms with E-state index in [1.807, 2.05) is 36.4 Å². The Kier molecular flexibility index (Phi) is 13.5. The van der Waals surface area contributed by atoms with Gasteiger partial charge in [-0.2, -0.15) is 0 Å². The van der Waals surface area contributed by atoms with Crippen LogP contribution in [0.4, 0.5) is 0 Å². The third-order valence-electron chi connectivity index (χ3n) is 11.2. The van der Waals surface area contributed by atoms with Gasteiger partial charge in [0.1, 0.15) is 29.9 Å². The maximum atomic E-state index is 14.8. The van der Waals surface area contributed by atoms with Crippen LogP contribution in [0.2, 0.25) is 0 Å². The maximum Gasteiger partial charge on any atom is 0.258 e. The first kappa shape index (κ1) is 41.2. The second-order valence-electron chi connectivity index (χ2n) is 15.3. The summed E-state index contributed by atoms with van der Waals surface area (Å²) in [5.41, 5.74) is 2.50. The first-order valence-corrected chi connectivity index (χ1v) is 19.9. The van der Waals surface area contributed by atoms with Crippen molar-refractivity contribution in [3.05, 3.63) is 65.9 Å². The molecule has 6 atom stereocenters. The Morgan fingerprint density at radius 3 is 2.42 bits per heavy atom. The molecule has 6 amide bonds. The van der Waals surface area contributed by atoms with Crippen molar-refractivity contribution < 1.29 is 38.6 Å². The number of carbonyl (C=O) groups is 6.